The van der Waals surface area contributed by atoms with Gasteiger partial charge in [0.2, 0.25) is 0 Å². The molecule has 21 heavy (non-hydrogen) atoms. The van der Waals surface area contributed by atoms with Gasteiger partial charge < -0.3 is 5.11 Å². The van der Waals surface area contributed by atoms with E-state index in [1.807, 2.05) is 36.4 Å². The van der Waals surface area contributed by atoms with Gasteiger partial charge in [0.15, 0.2) is 0 Å². The van der Waals surface area contributed by atoms with Crippen molar-refractivity contribution in [2.75, 3.05) is 0 Å². The van der Waals surface area contributed by atoms with Crippen LogP contribution in [0.2, 0.25) is 5.02 Å². The molecule has 0 radical (unpaired) electrons. The minimum absolute atomic E-state index is 0.286. The third-order valence-corrected chi connectivity index (χ3v) is 5.18. The van der Waals surface area contributed by atoms with Crippen LogP contribution in [0.1, 0.15) is 5.69 Å². The van der Waals surface area contributed by atoms with E-state index >= 15 is 0 Å². The minimum atomic E-state index is 0.286. The smallest absolute Gasteiger partial charge is 0.125 e. The van der Waals surface area contributed by atoms with Crippen molar-refractivity contribution in [3.8, 4) is 16.3 Å². The molecule has 1 aromatic heterocycles. The second-order valence-electron chi connectivity index (χ2n) is 4.41. The lowest BCUT2D eigenvalue weighted by atomic mass is 10.2. The van der Waals surface area contributed by atoms with Gasteiger partial charge in [-0.3, -0.25) is 0 Å². The minimum Gasteiger partial charge on any atom is -0.508 e. The first-order valence-corrected chi connectivity index (χ1v) is 8.58. The third-order valence-electron chi connectivity index (χ3n) is 2.88. The van der Waals surface area contributed by atoms with Crippen LogP contribution < -0.4 is 0 Å². The van der Waals surface area contributed by atoms with Gasteiger partial charge >= 0.3 is 0 Å². The number of aromatic hydroxyl groups is 1. The van der Waals surface area contributed by atoms with Crippen molar-refractivity contribution in [2.24, 2.45) is 0 Å². The first-order chi connectivity index (χ1) is 10.2. The highest BCUT2D eigenvalue weighted by atomic mass is 35.5. The second-order valence-corrected chi connectivity index (χ2v) is 6.72. The van der Waals surface area contributed by atoms with Gasteiger partial charge in [-0.15, -0.1) is 23.1 Å². The summed E-state index contributed by atoms with van der Waals surface area (Å²) in [5.74, 6) is 1.08. The predicted octanol–water partition coefficient (Wildman–Crippen LogP) is 5.46. The number of aromatic nitrogens is 1. The van der Waals surface area contributed by atoms with Crippen LogP contribution in [0, 0.1) is 0 Å². The van der Waals surface area contributed by atoms with Gasteiger partial charge in [-0.05, 0) is 30.3 Å². The van der Waals surface area contributed by atoms with Crippen molar-refractivity contribution in [2.45, 2.75) is 10.6 Å². The van der Waals surface area contributed by atoms with Crippen molar-refractivity contribution >= 4 is 34.7 Å². The molecule has 106 valence electrons. The zero-order chi connectivity index (χ0) is 14.7. The molecule has 2 nitrogen and oxygen atoms in total. The van der Waals surface area contributed by atoms with Crippen LogP contribution in [-0.4, -0.2) is 10.1 Å². The summed E-state index contributed by atoms with van der Waals surface area (Å²) in [6.07, 6.45) is 0. The zero-order valence-corrected chi connectivity index (χ0v) is 13.4. The van der Waals surface area contributed by atoms with Crippen LogP contribution in [0.15, 0.2) is 58.8 Å². The fourth-order valence-electron chi connectivity index (χ4n) is 1.83. The van der Waals surface area contributed by atoms with Crippen molar-refractivity contribution in [1.82, 2.24) is 4.98 Å². The normalized spacial score (nSPS) is 10.7. The van der Waals surface area contributed by atoms with E-state index in [0.717, 1.165) is 31.9 Å². The van der Waals surface area contributed by atoms with Gasteiger partial charge in [-0.1, -0.05) is 29.8 Å². The lowest BCUT2D eigenvalue weighted by Gasteiger charge is -2.00. The maximum absolute atomic E-state index is 9.26. The summed E-state index contributed by atoms with van der Waals surface area (Å²) in [5, 5.41) is 13.0. The number of hydrogen-bond donors (Lipinski definition) is 1. The summed E-state index contributed by atoms with van der Waals surface area (Å²) in [5.41, 5.74) is 2.01. The molecule has 2 aromatic carbocycles. The number of phenolic OH excluding ortho intramolecular Hbond substituents is 1. The SMILES string of the molecule is Oc1ccc(SCc2csc(-c3ccccc3Cl)n2)cc1. The lowest BCUT2D eigenvalue weighted by molar-refractivity contribution is 0.475. The van der Waals surface area contributed by atoms with Crippen molar-refractivity contribution in [3.05, 3.63) is 64.6 Å². The molecule has 0 saturated heterocycles. The Kier molecular flexibility index (Phi) is 4.48. The van der Waals surface area contributed by atoms with Crippen LogP contribution >= 0.6 is 34.7 Å². The lowest BCUT2D eigenvalue weighted by Crippen LogP contribution is -1.82. The van der Waals surface area contributed by atoms with E-state index < -0.39 is 0 Å². The van der Waals surface area contributed by atoms with Crippen molar-refractivity contribution in [1.29, 1.82) is 0 Å². The molecular weight excluding hydrogens is 322 g/mol. The van der Waals surface area contributed by atoms with Crippen LogP contribution in [0.3, 0.4) is 0 Å². The Morgan fingerprint density at radius 2 is 1.86 bits per heavy atom. The van der Waals surface area contributed by atoms with Crippen molar-refractivity contribution in [3.63, 3.8) is 0 Å². The molecule has 0 amide bonds. The molecular formula is C16H12ClNOS2. The third kappa shape index (κ3) is 3.59. The Morgan fingerprint density at radius 3 is 2.62 bits per heavy atom. The molecule has 1 heterocycles. The summed E-state index contributed by atoms with van der Waals surface area (Å²) in [6.45, 7) is 0. The average Bonchev–Trinajstić information content (AvgIpc) is 2.96. The Balaban J connectivity index is 1.71. The van der Waals surface area contributed by atoms with E-state index in [-0.39, 0.29) is 5.75 Å². The van der Waals surface area contributed by atoms with Crippen LogP contribution in [-0.2, 0) is 5.75 Å². The van der Waals surface area contributed by atoms with Crippen molar-refractivity contribution < 1.29 is 5.11 Å². The standard InChI is InChI=1S/C16H12ClNOS2/c17-15-4-2-1-3-14(15)16-18-11(10-21-16)9-20-13-7-5-12(19)6-8-13/h1-8,10,19H,9H2. The second kappa shape index (κ2) is 6.52. The molecule has 5 heteroatoms. The number of halogens is 1. The molecule has 3 rings (SSSR count). The average molecular weight is 334 g/mol. The Morgan fingerprint density at radius 1 is 1.10 bits per heavy atom. The Labute approximate surface area is 136 Å². The number of nitrogens with zero attached hydrogens (tertiary/aromatic N) is 1. The summed E-state index contributed by atoms with van der Waals surface area (Å²) in [4.78, 5) is 5.75. The number of benzene rings is 2. The highest BCUT2D eigenvalue weighted by Crippen LogP contribution is 2.32. The largest absolute Gasteiger partial charge is 0.508 e. The molecule has 0 atom stereocenters. The molecule has 3 aromatic rings. The molecule has 1 N–H and O–H groups in total. The molecule has 0 bridgehead atoms. The molecule has 0 aliphatic heterocycles. The highest BCUT2D eigenvalue weighted by molar-refractivity contribution is 7.98. The molecule has 0 unspecified atom stereocenters. The monoisotopic (exact) mass is 333 g/mol. The van der Waals surface area contributed by atoms with Crippen LogP contribution in [0.5, 0.6) is 5.75 Å². The quantitative estimate of drug-likeness (QED) is 0.643. The van der Waals surface area contributed by atoms with Gasteiger partial charge in [0, 0.05) is 21.6 Å². The first kappa shape index (κ1) is 14.4. The predicted molar refractivity (Wildman–Crippen MR) is 90.2 cm³/mol. The molecule has 0 fully saturated rings. The van der Waals surface area contributed by atoms with Gasteiger partial charge in [-0.2, -0.15) is 0 Å². The van der Waals surface area contributed by atoms with E-state index in [9.17, 15) is 5.11 Å². The van der Waals surface area contributed by atoms with E-state index in [1.165, 1.54) is 0 Å². The molecule has 0 saturated carbocycles. The van der Waals surface area contributed by atoms with E-state index in [2.05, 4.69) is 10.4 Å². The Bertz CT molecular complexity index is 740. The molecule has 0 spiro atoms. The Hall–Kier alpha value is -1.49. The summed E-state index contributed by atoms with van der Waals surface area (Å²) in [6, 6.07) is 14.9. The number of thiazole rings is 1. The molecule has 0 aliphatic rings. The van der Waals surface area contributed by atoms with E-state index in [1.54, 1.807) is 35.2 Å². The van der Waals surface area contributed by atoms with E-state index in [0.29, 0.717) is 0 Å². The van der Waals surface area contributed by atoms with Gasteiger partial charge in [0.25, 0.3) is 0 Å². The number of phenols is 1. The fourth-order valence-corrected chi connectivity index (χ4v) is 3.87. The first-order valence-electron chi connectivity index (χ1n) is 6.33. The van der Waals surface area contributed by atoms with Gasteiger partial charge in [0.05, 0.1) is 10.7 Å². The van der Waals surface area contributed by atoms with Crippen LogP contribution in [0.25, 0.3) is 10.6 Å². The highest BCUT2D eigenvalue weighted by Gasteiger charge is 2.08. The fraction of sp³-hybridized carbons (Fsp3) is 0.0625. The maximum atomic E-state index is 9.26. The number of thioether (sulfide) groups is 1. The topological polar surface area (TPSA) is 33.1 Å². The number of rotatable bonds is 4. The van der Waals surface area contributed by atoms with E-state index in [4.69, 9.17) is 11.6 Å². The summed E-state index contributed by atoms with van der Waals surface area (Å²) < 4.78 is 0. The number of hydrogen-bond acceptors (Lipinski definition) is 4. The zero-order valence-electron chi connectivity index (χ0n) is 11.0. The van der Waals surface area contributed by atoms with Gasteiger partial charge in [0.1, 0.15) is 10.8 Å². The van der Waals surface area contributed by atoms with Gasteiger partial charge in [-0.25, -0.2) is 4.98 Å². The summed E-state index contributed by atoms with van der Waals surface area (Å²) in [7, 11) is 0. The maximum Gasteiger partial charge on any atom is 0.125 e. The summed E-state index contributed by atoms with van der Waals surface area (Å²) >= 11 is 9.49. The molecule has 0 aliphatic carbocycles. The van der Waals surface area contributed by atoms with Crippen LogP contribution in [0.4, 0.5) is 0 Å².